The number of aliphatic carboxylic acids is 1. The fourth-order valence-corrected chi connectivity index (χ4v) is 2.20. The Balaban J connectivity index is 2.50. The lowest BCUT2D eigenvalue weighted by Crippen LogP contribution is -2.49. The van der Waals surface area contributed by atoms with Crippen LogP contribution in [-0.4, -0.2) is 47.1 Å². The van der Waals surface area contributed by atoms with Gasteiger partial charge < -0.3 is 10.4 Å². The van der Waals surface area contributed by atoms with E-state index in [9.17, 15) is 9.59 Å². The normalized spacial score (nSPS) is 18.1. The van der Waals surface area contributed by atoms with E-state index in [1.807, 2.05) is 6.92 Å². The molecule has 0 radical (unpaired) electrons. The van der Waals surface area contributed by atoms with E-state index in [1.165, 1.54) is 0 Å². The predicted octanol–water partition coefficient (Wildman–Crippen LogP) is 1.48. The van der Waals surface area contributed by atoms with Crippen molar-refractivity contribution in [2.24, 2.45) is 5.92 Å². The lowest BCUT2D eigenvalue weighted by molar-refractivity contribution is -0.140. The topological polar surface area (TPSA) is 69.6 Å². The van der Waals surface area contributed by atoms with Gasteiger partial charge in [-0.15, -0.1) is 0 Å². The molecule has 2 atom stereocenters. The van der Waals surface area contributed by atoms with Crippen LogP contribution in [0.4, 0.5) is 0 Å². The first-order valence-electron chi connectivity index (χ1n) is 7.20. The highest BCUT2D eigenvalue weighted by Gasteiger charge is 2.30. The third-order valence-electron chi connectivity index (χ3n) is 3.57. The Kier molecular flexibility index (Phi) is 6.28. The zero-order valence-corrected chi connectivity index (χ0v) is 12.2. The molecule has 19 heavy (non-hydrogen) atoms. The van der Waals surface area contributed by atoms with Gasteiger partial charge in [-0.05, 0) is 39.0 Å². The molecule has 0 aromatic carbocycles. The molecule has 5 heteroatoms. The van der Waals surface area contributed by atoms with Gasteiger partial charge >= 0.3 is 5.97 Å². The second-order valence-corrected chi connectivity index (χ2v) is 5.64. The van der Waals surface area contributed by atoms with Crippen LogP contribution < -0.4 is 5.32 Å². The fraction of sp³-hybridized carbons (Fsp3) is 0.857. The van der Waals surface area contributed by atoms with Crippen molar-refractivity contribution in [3.63, 3.8) is 0 Å². The maximum atomic E-state index is 12.1. The van der Waals surface area contributed by atoms with Crippen LogP contribution in [0.3, 0.4) is 0 Å². The Labute approximate surface area is 115 Å². The molecule has 2 N–H and O–H groups in total. The summed E-state index contributed by atoms with van der Waals surface area (Å²) in [6.45, 7) is 6.50. The van der Waals surface area contributed by atoms with E-state index in [-0.39, 0.29) is 24.5 Å². The minimum absolute atomic E-state index is 0.0623. The Morgan fingerprint density at radius 2 is 2.00 bits per heavy atom. The van der Waals surface area contributed by atoms with Crippen LogP contribution in [0, 0.1) is 5.92 Å². The summed E-state index contributed by atoms with van der Waals surface area (Å²) in [5.41, 5.74) is 0. The number of carboxylic acid groups (broad SMARTS) is 1. The highest BCUT2D eigenvalue weighted by molar-refractivity contribution is 5.82. The van der Waals surface area contributed by atoms with Crippen molar-refractivity contribution in [2.75, 3.05) is 13.1 Å². The van der Waals surface area contributed by atoms with Crippen molar-refractivity contribution in [2.45, 2.75) is 58.5 Å². The highest BCUT2D eigenvalue weighted by Crippen LogP contribution is 2.30. The van der Waals surface area contributed by atoms with Gasteiger partial charge in [-0.3, -0.25) is 14.5 Å². The minimum atomic E-state index is -0.873. The molecule has 2 unspecified atom stereocenters. The molecule has 1 aliphatic rings. The number of nitrogens with zero attached hydrogens (tertiary/aromatic N) is 1. The smallest absolute Gasteiger partial charge is 0.317 e. The van der Waals surface area contributed by atoms with E-state index in [1.54, 1.807) is 11.8 Å². The van der Waals surface area contributed by atoms with Crippen LogP contribution in [0.5, 0.6) is 0 Å². The van der Waals surface area contributed by atoms with E-state index < -0.39 is 5.97 Å². The second kappa shape index (κ2) is 7.48. The quantitative estimate of drug-likeness (QED) is 0.666. The first-order valence-corrected chi connectivity index (χ1v) is 7.20. The molecule has 1 saturated carbocycles. The van der Waals surface area contributed by atoms with E-state index >= 15 is 0 Å². The maximum Gasteiger partial charge on any atom is 0.317 e. The molecular formula is C14H26N2O3. The van der Waals surface area contributed by atoms with Gasteiger partial charge in [0.25, 0.3) is 0 Å². The molecule has 1 amide bonds. The van der Waals surface area contributed by atoms with Gasteiger partial charge in [-0.1, -0.05) is 13.3 Å². The van der Waals surface area contributed by atoms with Gasteiger partial charge in [0.1, 0.15) is 0 Å². The predicted molar refractivity (Wildman–Crippen MR) is 73.9 cm³/mol. The standard InChI is InChI=1S/C14H26N2O3/c1-4-5-10(2)15-14(19)11(3)16(9-13(17)18)8-12-6-7-12/h10-12H,4-9H2,1-3H3,(H,15,19)(H,17,18). The van der Waals surface area contributed by atoms with E-state index in [0.29, 0.717) is 12.5 Å². The highest BCUT2D eigenvalue weighted by atomic mass is 16.4. The first kappa shape index (κ1) is 16.0. The molecule has 0 saturated heterocycles. The van der Waals surface area contributed by atoms with Gasteiger partial charge in [0.05, 0.1) is 12.6 Å². The molecule has 0 aromatic heterocycles. The summed E-state index contributed by atoms with van der Waals surface area (Å²) in [4.78, 5) is 24.8. The van der Waals surface area contributed by atoms with E-state index in [4.69, 9.17) is 5.11 Å². The fourth-order valence-electron chi connectivity index (χ4n) is 2.20. The van der Waals surface area contributed by atoms with Crippen molar-refractivity contribution < 1.29 is 14.7 Å². The number of carbonyl (C=O) groups excluding carboxylic acids is 1. The van der Waals surface area contributed by atoms with Crippen molar-refractivity contribution >= 4 is 11.9 Å². The zero-order valence-electron chi connectivity index (χ0n) is 12.2. The van der Waals surface area contributed by atoms with Crippen molar-refractivity contribution in [3.05, 3.63) is 0 Å². The van der Waals surface area contributed by atoms with Gasteiger partial charge in [-0.2, -0.15) is 0 Å². The summed E-state index contributed by atoms with van der Waals surface area (Å²) in [5.74, 6) is -0.368. The lowest BCUT2D eigenvalue weighted by atomic mass is 10.1. The largest absolute Gasteiger partial charge is 0.480 e. The van der Waals surface area contributed by atoms with Gasteiger partial charge in [0.15, 0.2) is 0 Å². The maximum absolute atomic E-state index is 12.1. The Morgan fingerprint density at radius 3 is 2.47 bits per heavy atom. The molecule has 0 spiro atoms. The van der Waals surface area contributed by atoms with Crippen LogP contribution in [0.1, 0.15) is 46.5 Å². The zero-order chi connectivity index (χ0) is 14.4. The number of nitrogens with one attached hydrogen (secondary N) is 1. The number of hydrogen-bond acceptors (Lipinski definition) is 3. The average molecular weight is 270 g/mol. The number of carbonyl (C=O) groups is 2. The number of hydrogen-bond donors (Lipinski definition) is 2. The third kappa shape index (κ3) is 6.05. The van der Waals surface area contributed by atoms with Crippen LogP contribution in [0.15, 0.2) is 0 Å². The minimum Gasteiger partial charge on any atom is -0.480 e. The summed E-state index contributed by atoms with van der Waals surface area (Å²) in [5, 5.41) is 11.9. The summed E-state index contributed by atoms with van der Waals surface area (Å²) in [7, 11) is 0. The Bertz CT molecular complexity index is 316. The molecule has 0 bridgehead atoms. The van der Waals surface area contributed by atoms with Crippen molar-refractivity contribution in [3.8, 4) is 0 Å². The number of carboxylic acids is 1. The third-order valence-corrected chi connectivity index (χ3v) is 3.57. The lowest BCUT2D eigenvalue weighted by Gasteiger charge is -2.27. The molecule has 0 heterocycles. The van der Waals surface area contributed by atoms with E-state index in [2.05, 4.69) is 12.2 Å². The van der Waals surface area contributed by atoms with Gasteiger partial charge in [0, 0.05) is 12.6 Å². The van der Waals surface area contributed by atoms with Crippen molar-refractivity contribution in [1.82, 2.24) is 10.2 Å². The molecule has 1 aliphatic carbocycles. The van der Waals surface area contributed by atoms with Crippen LogP contribution in [-0.2, 0) is 9.59 Å². The summed E-state index contributed by atoms with van der Waals surface area (Å²) >= 11 is 0. The SMILES string of the molecule is CCCC(C)NC(=O)C(C)N(CC(=O)O)CC1CC1. The molecule has 5 nitrogen and oxygen atoms in total. The monoisotopic (exact) mass is 270 g/mol. The first-order chi connectivity index (χ1) is 8.93. The number of rotatable bonds is 9. The molecule has 0 aromatic rings. The van der Waals surface area contributed by atoms with E-state index in [0.717, 1.165) is 25.7 Å². The number of amides is 1. The van der Waals surface area contributed by atoms with Crippen molar-refractivity contribution in [1.29, 1.82) is 0 Å². The van der Waals surface area contributed by atoms with Gasteiger partial charge in [0.2, 0.25) is 5.91 Å². The molecule has 110 valence electrons. The summed E-state index contributed by atoms with van der Waals surface area (Å²) in [6, 6.07) is -0.233. The summed E-state index contributed by atoms with van der Waals surface area (Å²) in [6.07, 6.45) is 4.27. The van der Waals surface area contributed by atoms with Gasteiger partial charge in [-0.25, -0.2) is 0 Å². The molecular weight excluding hydrogens is 244 g/mol. The second-order valence-electron chi connectivity index (χ2n) is 5.64. The molecule has 0 aliphatic heterocycles. The Hall–Kier alpha value is -1.10. The molecule has 1 fully saturated rings. The van der Waals surface area contributed by atoms with Crippen LogP contribution in [0.25, 0.3) is 0 Å². The Morgan fingerprint density at radius 1 is 1.37 bits per heavy atom. The van der Waals surface area contributed by atoms with Crippen LogP contribution >= 0.6 is 0 Å². The molecule has 1 rings (SSSR count). The average Bonchev–Trinajstić information content (AvgIpc) is 3.10. The van der Waals surface area contributed by atoms with Crippen LogP contribution in [0.2, 0.25) is 0 Å². The summed E-state index contributed by atoms with van der Waals surface area (Å²) < 4.78 is 0.